The van der Waals surface area contributed by atoms with E-state index in [-0.39, 0.29) is 18.4 Å². The van der Waals surface area contributed by atoms with Gasteiger partial charge in [0, 0.05) is 17.6 Å². The summed E-state index contributed by atoms with van der Waals surface area (Å²) >= 11 is 18.2. The van der Waals surface area contributed by atoms with Crippen molar-refractivity contribution >= 4 is 58.4 Å². The van der Waals surface area contributed by atoms with Crippen LogP contribution in [-0.4, -0.2) is 29.8 Å². The Bertz CT molecular complexity index is 861. The third kappa shape index (κ3) is 5.99. The van der Waals surface area contributed by atoms with Gasteiger partial charge >= 0.3 is 0 Å². The van der Waals surface area contributed by atoms with Crippen LogP contribution >= 0.6 is 34.8 Å². The highest BCUT2D eigenvalue weighted by Gasteiger charge is 2.15. The molecule has 0 bridgehead atoms. The molecule has 4 nitrogen and oxygen atoms in total. The lowest BCUT2D eigenvalue weighted by molar-refractivity contribution is -0.130. The van der Waals surface area contributed by atoms with E-state index in [0.29, 0.717) is 27.3 Å². The van der Waals surface area contributed by atoms with Crippen molar-refractivity contribution in [3.8, 4) is 0 Å². The van der Waals surface area contributed by atoms with Gasteiger partial charge in [-0.3, -0.25) is 9.59 Å². The Kier molecular flexibility index (Phi) is 7.72. The van der Waals surface area contributed by atoms with E-state index in [0.717, 1.165) is 11.1 Å². The van der Waals surface area contributed by atoms with Crippen molar-refractivity contribution < 1.29 is 9.59 Å². The lowest BCUT2D eigenvalue weighted by atomic mass is 10.1. The number of carbonyl (C=O) groups excluding carboxylic acids is 2. The zero-order chi connectivity index (χ0) is 20.0. The van der Waals surface area contributed by atoms with Gasteiger partial charge in [-0.05, 0) is 49.2 Å². The molecule has 0 aromatic heterocycles. The molecule has 27 heavy (non-hydrogen) atoms. The zero-order valence-corrected chi connectivity index (χ0v) is 17.2. The van der Waals surface area contributed by atoms with Crippen molar-refractivity contribution in [2.75, 3.05) is 18.4 Å². The minimum Gasteiger partial charge on any atom is -0.330 e. The predicted molar refractivity (Wildman–Crippen MR) is 113 cm³/mol. The number of hydrogen-bond acceptors (Lipinski definition) is 2. The summed E-state index contributed by atoms with van der Waals surface area (Å²) < 4.78 is 0. The van der Waals surface area contributed by atoms with Crippen molar-refractivity contribution in [1.82, 2.24) is 4.90 Å². The third-order valence-corrected chi connectivity index (χ3v) is 4.91. The summed E-state index contributed by atoms with van der Waals surface area (Å²) in [6, 6.07) is 10.5. The van der Waals surface area contributed by atoms with Gasteiger partial charge in [-0.25, -0.2) is 0 Å². The molecule has 0 saturated heterocycles. The predicted octanol–water partition coefficient (Wildman–Crippen LogP) is 5.46. The summed E-state index contributed by atoms with van der Waals surface area (Å²) in [7, 11) is 0. The molecule has 0 heterocycles. The van der Waals surface area contributed by atoms with Gasteiger partial charge in [0.25, 0.3) is 0 Å². The number of amides is 2. The molecule has 2 aromatic rings. The molecule has 0 radical (unpaired) electrons. The summed E-state index contributed by atoms with van der Waals surface area (Å²) in [4.78, 5) is 26.1. The normalized spacial score (nSPS) is 10.9. The summed E-state index contributed by atoms with van der Waals surface area (Å²) in [5.41, 5.74) is 2.10. The first-order valence-corrected chi connectivity index (χ1v) is 9.42. The number of nitrogens with zero attached hydrogens (tertiary/aromatic N) is 1. The molecule has 0 unspecified atom stereocenters. The minimum atomic E-state index is -0.382. The quantitative estimate of drug-likeness (QED) is 0.625. The molecule has 1 N–H and O–H groups in total. The summed E-state index contributed by atoms with van der Waals surface area (Å²) in [5.74, 6) is -0.665. The molecule has 2 aromatic carbocycles. The van der Waals surface area contributed by atoms with Gasteiger partial charge in [0.05, 0.1) is 15.7 Å². The van der Waals surface area contributed by atoms with Crippen LogP contribution in [0.25, 0.3) is 6.08 Å². The Morgan fingerprint density at radius 3 is 2.33 bits per heavy atom. The van der Waals surface area contributed by atoms with E-state index in [4.69, 9.17) is 34.8 Å². The Hall–Kier alpha value is -2.01. The monoisotopic (exact) mass is 424 g/mol. The molecule has 0 aliphatic heterocycles. The number of likely N-dealkylation sites (N-methyl/N-ethyl adjacent to an activating group) is 1. The van der Waals surface area contributed by atoms with Crippen LogP contribution in [0.5, 0.6) is 0 Å². The van der Waals surface area contributed by atoms with Gasteiger partial charge in [-0.2, -0.15) is 0 Å². The maximum absolute atomic E-state index is 12.4. The maximum atomic E-state index is 12.4. The number of halogens is 3. The van der Waals surface area contributed by atoms with E-state index >= 15 is 0 Å². The molecule has 7 heteroatoms. The number of anilines is 1. The van der Waals surface area contributed by atoms with Gasteiger partial charge in [-0.15, -0.1) is 0 Å². The van der Waals surface area contributed by atoms with E-state index in [1.807, 2.05) is 19.1 Å². The molecule has 0 saturated carbocycles. The highest BCUT2D eigenvalue weighted by atomic mass is 35.5. The minimum absolute atomic E-state index is 0.115. The number of hydrogen-bond donors (Lipinski definition) is 1. The smallest absolute Gasteiger partial charge is 0.247 e. The Labute approximate surface area is 173 Å². The zero-order valence-electron chi connectivity index (χ0n) is 14.9. The average molecular weight is 426 g/mol. The van der Waals surface area contributed by atoms with Crippen LogP contribution in [0.15, 0.2) is 42.5 Å². The van der Waals surface area contributed by atoms with E-state index in [9.17, 15) is 9.59 Å². The topological polar surface area (TPSA) is 49.4 Å². The van der Waals surface area contributed by atoms with Crippen molar-refractivity contribution in [3.05, 3.63) is 68.7 Å². The van der Waals surface area contributed by atoms with Crippen LogP contribution in [0.1, 0.15) is 18.1 Å². The van der Waals surface area contributed by atoms with Crippen LogP contribution in [0.2, 0.25) is 15.1 Å². The fourth-order valence-electron chi connectivity index (χ4n) is 2.30. The number of carbonyl (C=O) groups is 2. The second-order valence-corrected chi connectivity index (χ2v) is 7.06. The molecular weight excluding hydrogens is 407 g/mol. The molecule has 0 atom stereocenters. The van der Waals surface area contributed by atoms with Crippen molar-refractivity contribution in [1.29, 1.82) is 0 Å². The molecule has 0 spiro atoms. The number of para-hydroxylation sites is 1. The molecule has 0 aliphatic carbocycles. The maximum Gasteiger partial charge on any atom is 0.247 e. The SMILES string of the molecule is CCN(CC(=O)Nc1c(Cl)cccc1Cl)C(=O)/C=C/c1ccc(C)c(Cl)c1. The van der Waals surface area contributed by atoms with Crippen LogP contribution in [0.3, 0.4) is 0 Å². The van der Waals surface area contributed by atoms with E-state index in [1.165, 1.54) is 11.0 Å². The second-order valence-electron chi connectivity index (χ2n) is 5.84. The first-order chi connectivity index (χ1) is 12.8. The fourth-order valence-corrected chi connectivity index (χ4v) is 2.98. The van der Waals surface area contributed by atoms with Crippen molar-refractivity contribution in [3.63, 3.8) is 0 Å². The molecule has 2 rings (SSSR count). The van der Waals surface area contributed by atoms with Crippen LogP contribution in [-0.2, 0) is 9.59 Å². The van der Waals surface area contributed by atoms with E-state index in [2.05, 4.69) is 5.32 Å². The molecule has 2 amide bonds. The van der Waals surface area contributed by atoms with Crippen molar-refractivity contribution in [2.24, 2.45) is 0 Å². The Balaban J connectivity index is 2.02. The second kappa shape index (κ2) is 9.79. The fraction of sp³-hybridized carbons (Fsp3) is 0.200. The van der Waals surface area contributed by atoms with Gasteiger partial charge in [0.15, 0.2) is 0 Å². The largest absolute Gasteiger partial charge is 0.330 e. The van der Waals surface area contributed by atoms with Gasteiger partial charge in [0.1, 0.15) is 6.54 Å². The molecule has 0 fully saturated rings. The summed E-state index contributed by atoms with van der Waals surface area (Å²) in [5, 5.41) is 3.95. The van der Waals surface area contributed by atoms with Crippen LogP contribution in [0.4, 0.5) is 5.69 Å². The lowest BCUT2D eigenvalue weighted by Gasteiger charge is -2.19. The Morgan fingerprint density at radius 1 is 1.07 bits per heavy atom. The molecule has 0 aliphatic rings. The average Bonchev–Trinajstić information content (AvgIpc) is 2.63. The molecule has 142 valence electrons. The van der Waals surface area contributed by atoms with Gasteiger partial charge in [0.2, 0.25) is 11.8 Å². The van der Waals surface area contributed by atoms with E-state index < -0.39 is 0 Å². The lowest BCUT2D eigenvalue weighted by Crippen LogP contribution is -2.37. The number of aryl methyl sites for hydroxylation is 1. The Morgan fingerprint density at radius 2 is 1.74 bits per heavy atom. The highest BCUT2D eigenvalue weighted by molar-refractivity contribution is 6.39. The highest BCUT2D eigenvalue weighted by Crippen LogP contribution is 2.29. The number of rotatable bonds is 6. The van der Waals surface area contributed by atoms with Gasteiger partial charge < -0.3 is 10.2 Å². The first kappa shape index (κ1) is 21.3. The van der Waals surface area contributed by atoms with Gasteiger partial charge in [-0.1, -0.05) is 53.0 Å². The molecular formula is C20H19Cl3N2O2. The van der Waals surface area contributed by atoms with Crippen LogP contribution < -0.4 is 5.32 Å². The number of benzene rings is 2. The standard InChI is InChI=1S/C20H19Cl3N2O2/c1-3-25(12-18(26)24-20-15(21)5-4-6-16(20)22)19(27)10-9-14-8-7-13(2)17(23)11-14/h4-11H,3,12H2,1-2H3,(H,24,26)/b10-9+. The van der Waals surface area contributed by atoms with Crippen molar-refractivity contribution in [2.45, 2.75) is 13.8 Å². The number of nitrogens with one attached hydrogen (secondary N) is 1. The van der Waals surface area contributed by atoms with Crippen LogP contribution in [0, 0.1) is 6.92 Å². The summed E-state index contributed by atoms with van der Waals surface area (Å²) in [6.45, 7) is 3.96. The summed E-state index contributed by atoms with van der Waals surface area (Å²) in [6.07, 6.45) is 3.08. The first-order valence-electron chi connectivity index (χ1n) is 8.28. The van der Waals surface area contributed by atoms with E-state index in [1.54, 1.807) is 37.3 Å². The third-order valence-electron chi connectivity index (χ3n) is 3.87.